The van der Waals surface area contributed by atoms with Gasteiger partial charge in [-0.25, -0.2) is 17.5 Å². The van der Waals surface area contributed by atoms with Crippen molar-refractivity contribution < 1.29 is 17.9 Å². The number of hydrogen-bond acceptors (Lipinski definition) is 4. The second-order valence-corrected chi connectivity index (χ2v) is 8.38. The summed E-state index contributed by atoms with van der Waals surface area (Å²) in [4.78, 5) is 12.0. The Morgan fingerprint density at radius 3 is 2.36 bits per heavy atom. The van der Waals surface area contributed by atoms with E-state index in [1.165, 1.54) is 20.2 Å². The third-order valence-electron chi connectivity index (χ3n) is 2.87. The van der Waals surface area contributed by atoms with Gasteiger partial charge >= 0.3 is 6.09 Å². The van der Waals surface area contributed by atoms with Crippen LogP contribution < -0.4 is 5.32 Å². The predicted molar refractivity (Wildman–Crippen MR) is 85.1 cm³/mol. The van der Waals surface area contributed by atoms with Gasteiger partial charge in [0.05, 0.1) is 10.9 Å². The number of carbonyl (C=O) groups is 1. The molecular formula is C15H24N2O4S. The van der Waals surface area contributed by atoms with Crippen LogP contribution in [0.5, 0.6) is 0 Å². The largest absolute Gasteiger partial charge is 0.444 e. The topological polar surface area (TPSA) is 75.7 Å². The van der Waals surface area contributed by atoms with Crippen molar-refractivity contribution in [2.45, 2.75) is 44.2 Å². The highest BCUT2D eigenvalue weighted by molar-refractivity contribution is 7.89. The first-order valence-corrected chi connectivity index (χ1v) is 8.39. The van der Waals surface area contributed by atoms with Gasteiger partial charge in [0, 0.05) is 14.1 Å². The van der Waals surface area contributed by atoms with E-state index in [9.17, 15) is 13.2 Å². The number of alkyl carbamates (subject to hydrolysis) is 1. The molecule has 22 heavy (non-hydrogen) atoms. The van der Waals surface area contributed by atoms with E-state index in [0.29, 0.717) is 5.56 Å². The van der Waals surface area contributed by atoms with Crippen LogP contribution in [0.1, 0.15) is 39.3 Å². The minimum atomic E-state index is -3.50. The Balaban J connectivity index is 2.92. The number of amides is 1. The van der Waals surface area contributed by atoms with Crippen molar-refractivity contribution >= 4 is 16.1 Å². The number of carbonyl (C=O) groups excluding carboxylic acids is 1. The first-order chi connectivity index (χ1) is 9.93. The molecule has 0 radical (unpaired) electrons. The zero-order chi connectivity index (χ0) is 17.1. The lowest BCUT2D eigenvalue weighted by molar-refractivity contribution is 0.0508. The first-order valence-electron chi connectivity index (χ1n) is 6.95. The number of hydrogen-bond donors (Lipinski definition) is 1. The van der Waals surface area contributed by atoms with Crippen LogP contribution in [0.2, 0.25) is 0 Å². The van der Waals surface area contributed by atoms with Crippen molar-refractivity contribution in [2.75, 3.05) is 14.1 Å². The lowest BCUT2D eigenvalue weighted by Gasteiger charge is -2.22. The normalized spacial score (nSPS) is 13.8. The SMILES string of the molecule is CC(NC(=O)OC(C)(C)C)c1cccc(S(=O)(=O)N(C)C)c1. The minimum Gasteiger partial charge on any atom is -0.444 e. The molecule has 1 amide bonds. The van der Waals surface area contributed by atoms with E-state index in [2.05, 4.69) is 5.32 Å². The van der Waals surface area contributed by atoms with Gasteiger partial charge in [-0.15, -0.1) is 0 Å². The molecule has 0 saturated carbocycles. The molecule has 6 nitrogen and oxygen atoms in total. The summed E-state index contributed by atoms with van der Waals surface area (Å²) in [5.41, 5.74) is 0.105. The van der Waals surface area contributed by atoms with Crippen LogP contribution in [-0.4, -0.2) is 38.5 Å². The summed E-state index contributed by atoms with van der Waals surface area (Å²) in [5, 5.41) is 2.69. The maximum Gasteiger partial charge on any atom is 0.408 e. The van der Waals surface area contributed by atoms with Gasteiger partial charge in [-0.3, -0.25) is 0 Å². The summed E-state index contributed by atoms with van der Waals surface area (Å²) < 4.78 is 30.6. The number of nitrogens with zero attached hydrogens (tertiary/aromatic N) is 1. The van der Waals surface area contributed by atoms with Gasteiger partial charge in [-0.2, -0.15) is 0 Å². The molecule has 0 aliphatic rings. The summed E-state index contributed by atoms with van der Waals surface area (Å²) in [6.45, 7) is 7.11. The molecule has 1 N–H and O–H groups in total. The molecule has 0 aliphatic carbocycles. The van der Waals surface area contributed by atoms with Crippen LogP contribution in [-0.2, 0) is 14.8 Å². The fourth-order valence-corrected chi connectivity index (χ4v) is 2.68. The van der Waals surface area contributed by atoms with Gasteiger partial charge in [0.25, 0.3) is 0 Å². The smallest absolute Gasteiger partial charge is 0.408 e. The van der Waals surface area contributed by atoms with E-state index in [1.807, 2.05) is 0 Å². The molecule has 1 aromatic rings. The van der Waals surface area contributed by atoms with Crippen molar-refractivity contribution in [3.8, 4) is 0 Å². The van der Waals surface area contributed by atoms with E-state index < -0.39 is 21.7 Å². The van der Waals surface area contributed by atoms with E-state index in [4.69, 9.17) is 4.74 Å². The molecule has 1 atom stereocenters. The molecular weight excluding hydrogens is 304 g/mol. The van der Waals surface area contributed by atoms with Crippen molar-refractivity contribution in [3.63, 3.8) is 0 Å². The average Bonchev–Trinajstić information content (AvgIpc) is 2.36. The first kappa shape index (κ1) is 18.4. The second-order valence-electron chi connectivity index (χ2n) is 6.23. The fourth-order valence-electron chi connectivity index (χ4n) is 1.72. The Morgan fingerprint density at radius 2 is 1.86 bits per heavy atom. The van der Waals surface area contributed by atoms with Crippen molar-refractivity contribution in [2.24, 2.45) is 0 Å². The minimum absolute atomic E-state index is 0.188. The molecule has 0 bridgehead atoms. The van der Waals surface area contributed by atoms with Crippen LogP contribution in [0.15, 0.2) is 29.2 Å². The van der Waals surface area contributed by atoms with Crippen LogP contribution in [0.4, 0.5) is 4.79 Å². The zero-order valence-electron chi connectivity index (χ0n) is 13.9. The number of benzene rings is 1. The van der Waals surface area contributed by atoms with Crippen molar-refractivity contribution in [1.29, 1.82) is 0 Å². The molecule has 0 aliphatic heterocycles. The van der Waals surface area contributed by atoms with Gasteiger partial charge in [0.1, 0.15) is 5.60 Å². The predicted octanol–water partition coefficient (Wildman–Crippen LogP) is 2.52. The Kier molecular flexibility index (Phi) is 5.59. The van der Waals surface area contributed by atoms with Gasteiger partial charge < -0.3 is 10.1 Å². The Hall–Kier alpha value is -1.60. The van der Waals surface area contributed by atoms with Crippen LogP contribution in [0, 0.1) is 0 Å². The lowest BCUT2D eigenvalue weighted by Crippen LogP contribution is -2.34. The van der Waals surface area contributed by atoms with Gasteiger partial charge in [0.2, 0.25) is 10.0 Å². The molecule has 0 fully saturated rings. The Labute approximate surface area is 132 Å². The molecule has 0 aromatic heterocycles. The fraction of sp³-hybridized carbons (Fsp3) is 0.533. The number of sulfonamides is 1. The van der Waals surface area contributed by atoms with Crippen LogP contribution in [0.3, 0.4) is 0 Å². The van der Waals surface area contributed by atoms with Crippen LogP contribution in [0.25, 0.3) is 0 Å². The monoisotopic (exact) mass is 328 g/mol. The van der Waals surface area contributed by atoms with Gasteiger partial charge in [-0.05, 0) is 45.4 Å². The highest BCUT2D eigenvalue weighted by atomic mass is 32.2. The molecule has 0 spiro atoms. The molecule has 124 valence electrons. The summed E-state index contributed by atoms with van der Waals surface area (Å²) in [6.07, 6.45) is -0.541. The summed E-state index contributed by atoms with van der Waals surface area (Å²) in [5.74, 6) is 0. The molecule has 0 saturated heterocycles. The lowest BCUT2D eigenvalue weighted by atomic mass is 10.1. The van der Waals surface area contributed by atoms with Gasteiger partial charge in [0.15, 0.2) is 0 Å². The second kappa shape index (κ2) is 6.66. The standard InChI is InChI=1S/C15H24N2O4S/c1-11(16-14(18)21-15(2,3)4)12-8-7-9-13(10-12)22(19,20)17(5)6/h7-11H,1-6H3,(H,16,18). The third-order valence-corrected chi connectivity index (χ3v) is 4.68. The number of rotatable bonds is 4. The summed E-state index contributed by atoms with van der Waals surface area (Å²) in [6, 6.07) is 6.12. The molecule has 1 unspecified atom stereocenters. The maximum atomic E-state index is 12.1. The molecule has 1 rings (SSSR count). The van der Waals surface area contributed by atoms with Gasteiger partial charge in [-0.1, -0.05) is 12.1 Å². The van der Waals surface area contributed by atoms with E-state index in [0.717, 1.165) is 4.31 Å². The van der Waals surface area contributed by atoms with Crippen molar-refractivity contribution in [1.82, 2.24) is 9.62 Å². The van der Waals surface area contributed by atoms with Crippen molar-refractivity contribution in [3.05, 3.63) is 29.8 Å². The van der Waals surface area contributed by atoms with E-state index in [1.54, 1.807) is 45.9 Å². The summed E-state index contributed by atoms with van der Waals surface area (Å²) in [7, 11) is -0.548. The van der Waals surface area contributed by atoms with E-state index >= 15 is 0 Å². The highest BCUT2D eigenvalue weighted by Crippen LogP contribution is 2.20. The Morgan fingerprint density at radius 1 is 1.27 bits per heavy atom. The molecule has 0 heterocycles. The average molecular weight is 328 g/mol. The van der Waals surface area contributed by atoms with E-state index in [-0.39, 0.29) is 10.9 Å². The van der Waals surface area contributed by atoms with Crippen LogP contribution >= 0.6 is 0 Å². The number of ether oxygens (including phenoxy) is 1. The number of nitrogens with one attached hydrogen (secondary N) is 1. The quantitative estimate of drug-likeness (QED) is 0.921. The third kappa shape index (κ3) is 4.99. The molecule has 7 heteroatoms. The maximum absolute atomic E-state index is 12.1. The zero-order valence-corrected chi connectivity index (χ0v) is 14.7. The Bertz CT molecular complexity index is 633. The molecule has 1 aromatic carbocycles. The highest BCUT2D eigenvalue weighted by Gasteiger charge is 2.21. The summed E-state index contributed by atoms with van der Waals surface area (Å²) >= 11 is 0.